The molecule has 2 saturated carbocycles. The van der Waals surface area contributed by atoms with Crippen LogP contribution in [0.25, 0.3) is 11.0 Å². The number of likely N-dealkylation sites (N-methyl/N-ethyl adjacent to an activating group) is 1. The van der Waals surface area contributed by atoms with Crippen molar-refractivity contribution in [3.8, 4) is 5.75 Å². The number of nitrogens with one attached hydrogen (secondary N) is 3. The molecule has 4 fully saturated rings. The Morgan fingerprint density at radius 1 is 0.865 bits per heavy atom. The lowest BCUT2D eigenvalue weighted by molar-refractivity contribution is -0.139. The zero-order chi connectivity index (χ0) is 51.9. The first-order chi connectivity index (χ1) is 35.9. The Morgan fingerprint density at radius 2 is 1.64 bits per heavy atom. The highest BCUT2D eigenvalue weighted by molar-refractivity contribution is 7.10. The van der Waals surface area contributed by atoms with Crippen LogP contribution < -0.4 is 31.1 Å². The maximum Gasteiger partial charge on any atom is 0.263 e. The predicted molar refractivity (Wildman–Crippen MR) is 284 cm³/mol. The molecule has 4 aliphatic rings. The molecule has 1 aromatic carbocycles. The van der Waals surface area contributed by atoms with E-state index in [2.05, 4.69) is 30.8 Å². The molecule has 2 saturated heterocycles. The lowest BCUT2D eigenvalue weighted by Gasteiger charge is -2.36. The predicted octanol–water partition coefficient (Wildman–Crippen LogP) is 7.48. The molecule has 0 spiro atoms. The summed E-state index contributed by atoms with van der Waals surface area (Å²) in [6.07, 6.45) is 15.6. The molecule has 392 valence electrons. The Labute approximate surface area is 436 Å². The minimum absolute atomic E-state index is 0.0131. The Hall–Kier alpha value is -6.60. The Bertz CT molecular complexity index is 2900. The molecule has 2 aliphatic heterocycles. The lowest BCUT2D eigenvalue weighted by atomic mass is 9.83. The third-order valence-corrected chi connectivity index (χ3v) is 16.4. The number of hydrogen-bond acceptors (Lipinski definition) is 15. The second kappa shape index (κ2) is 23.7. The van der Waals surface area contributed by atoms with Gasteiger partial charge in [-0.3, -0.25) is 33.3 Å². The number of carbonyl (C=O) groups is 5. The number of unbranched alkanes of at least 4 members (excludes halogenated alkanes) is 1. The van der Waals surface area contributed by atoms with Gasteiger partial charge in [0.2, 0.25) is 29.5 Å². The number of piperazine rings is 1. The van der Waals surface area contributed by atoms with E-state index >= 15 is 0 Å². The standard InChI is InChI=1S/C55H69N11O7S/c1-34-42-32-58-55(62-50(42)66(39-17-8-9-18-39)53(71)47(34)36(3)67)60-45-23-22-40(31-57-45)63-25-27-64(28-26-63)46(68)21-10-11-29-73-41-19-12-16-38(30-41)49(69)43-33-74-52(59-43)44-20-13-24-65(44)54(72)48(37-14-6-5-7-15-37)61-51(70)35(2)56-4/h12,16,19,22-23,30-33,35,37,39,44,48,56H,5-11,13-15,17-18,20-21,24-29H2,1-4H3,(H,61,70)(H,57,58,60,62)/t35?,44?,48-/m0/s1. The normalized spacial score (nSPS) is 18.4. The number of Topliss-reactive ketones (excluding diaryl/α,β-unsaturated/α-hetero) is 1. The van der Waals surface area contributed by atoms with Crippen molar-refractivity contribution in [2.24, 2.45) is 5.92 Å². The van der Waals surface area contributed by atoms with Gasteiger partial charge in [0, 0.05) is 67.7 Å². The molecule has 2 unspecified atom stereocenters. The van der Waals surface area contributed by atoms with Gasteiger partial charge in [0.1, 0.15) is 34.0 Å². The molecule has 74 heavy (non-hydrogen) atoms. The van der Waals surface area contributed by atoms with Gasteiger partial charge in [0.05, 0.1) is 36.1 Å². The number of ketones is 2. The van der Waals surface area contributed by atoms with Crippen molar-refractivity contribution in [3.05, 3.63) is 91.9 Å². The first kappa shape index (κ1) is 52.3. The number of aryl methyl sites for hydroxylation is 1. The maximum absolute atomic E-state index is 14.2. The number of aromatic nitrogens is 5. The van der Waals surface area contributed by atoms with Crippen LogP contribution in [0.15, 0.2) is 59.0 Å². The molecular weight excluding hydrogens is 959 g/mol. The molecule has 18 nitrogen and oxygen atoms in total. The van der Waals surface area contributed by atoms with Gasteiger partial charge in [-0.25, -0.2) is 15.0 Å². The highest BCUT2D eigenvalue weighted by atomic mass is 32.1. The molecule has 0 bridgehead atoms. The number of fused-ring (bicyclic) bond motifs is 1. The van der Waals surface area contributed by atoms with Gasteiger partial charge in [-0.15, -0.1) is 11.3 Å². The largest absolute Gasteiger partial charge is 0.494 e. The molecule has 0 radical (unpaired) electrons. The molecule has 3 atom stereocenters. The summed E-state index contributed by atoms with van der Waals surface area (Å²) in [7, 11) is 1.74. The first-order valence-electron chi connectivity index (χ1n) is 26.6. The molecule has 3 N–H and O–H groups in total. The quantitative estimate of drug-likeness (QED) is 0.0541. The van der Waals surface area contributed by atoms with Crippen LogP contribution in [0.2, 0.25) is 0 Å². The summed E-state index contributed by atoms with van der Waals surface area (Å²) in [5, 5.41) is 12.4. The number of benzene rings is 1. The molecule has 4 aromatic heterocycles. The number of thiazole rings is 1. The fraction of sp³-hybridized carbons (Fsp3) is 0.527. The van der Waals surface area contributed by atoms with Crippen LogP contribution in [0.4, 0.5) is 17.5 Å². The number of anilines is 3. The van der Waals surface area contributed by atoms with E-state index in [-0.39, 0.29) is 58.4 Å². The van der Waals surface area contributed by atoms with Gasteiger partial charge in [-0.1, -0.05) is 44.2 Å². The van der Waals surface area contributed by atoms with Crippen LogP contribution in [0.3, 0.4) is 0 Å². The van der Waals surface area contributed by atoms with Gasteiger partial charge in [0.25, 0.3) is 5.56 Å². The first-order valence-corrected chi connectivity index (χ1v) is 27.5. The van der Waals surface area contributed by atoms with Crippen molar-refractivity contribution >= 4 is 69.1 Å². The monoisotopic (exact) mass is 1030 g/mol. The second-order valence-corrected chi connectivity index (χ2v) is 21.2. The van der Waals surface area contributed by atoms with Crippen molar-refractivity contribution in [2.45, 2.75) is 135 Å². The van der Waals surface area contributed by atoms with E-state index in [9.17, 15) is 28.8 Å². The van der Waals surface area contributed by atoms with Crippen molar-refractivity contribution in [3.63, 3.8) is 0 Å². The fourth-order valence-electron chi connectivity index (χ4n) is 11.2. The van der Waals surface area contributed by atoms with Crippen molar-refractivity contribution in [2.75, 3.05) is 56.6 Å². The number of hydrogen-bond donors (Lipinski definition) is 3. The van der Waals surface area contributed by atoms with Crippen molar-refractivity contribution in [1.29, 1.82) is 0 Å². The third-order valence-electron chi connectivity index (χ3n) is 15.5. The number of likely N-dealkylation sites (tertiary alicyclic amines) is 1. The summed E-state index contributed by atoms with van der Waals surface area (Å²) in [6, 6.07) is 9.65. The maximum atomic E-state index is 14.2. The molecule has 6 heterocycles. The molecule has 2 aliphatic carbocycles. The average Bonchev–Trinajstić information content (AvgIpc) is 4.25. The van der Waals surface area contributed by atoms with E-state index in [1.54, 1.807) is 61.4 Å². The number of nitrogens with zero attached hydrogens (tertiary/aromatic N) is 8. The minimum atomic E-state index is -0.589. The Balaban J connectivity index is 0.719. The molecule has 3 amide bonds. The zero-order valence-corrected chi connectivity index (χ0v) is 43.9. The number of carbonyl (C=O) groups excluding carboxylic acids is 5. The van der Waals surface area contributed by atoms with E-state index in [1.807, 2.05) is 28.0 Å². The van der Waals surface area contributed by atoms with Crippen LogP contribution in [0.1, 0.15) is 153 Å². The van der Waals surface area contributed by atoms with E-state index in [0.717, 1.165) is 81.3 Å². The Morgan fingerprint density at radius 3 is 2.36 bits per heavy atom. The highest BCUT2D eigenvalue weighted by Gasteiger charge is 2.40. The topological polar surface area (TPSA) is 214 Å². The van der Waals surface area contributed by atoms with Crippen LogP contribution in [-0.2, 0) is 14.4 Å². The summed E-state index contributed by atoms with van der Waals surface area (Å²) in [5.41, 5.74) is 2.75. The fourth-order valence-corrected chi connectivity index (χ4v) is 12.1. The molecule has 9 rings (SSSR count). The third kappa shape index (κ3) is 11.7. The van der Waals surface area contributed by atoms with Gasteiger partial charge in [0.15, 0.2) is 5.78 Å². The zero-order valence-electron chi connectivity index (χ0n) is 43.1. The van der Waals surface area contributed by atoms with Crippen molar-refractivity contribution in [1.82, 2.24) is 44.9 Å². The second-order valence-electron chi connectivity index (χ2n) is 20.3. The summed E-state index contributed by atoms with van der Waals surface area (Å²) in [4.78, 5) is 105. The average molecular weight is 1030 g/mol. The lowest BCUT2D eigenvalue weighted by Crippen LogP contribution is -2.55. The summed E-state index contributed by atoms with van der Waals surface area (Å²) in [5.74, 6) is 0.907. The Kier molecular flexibility index (Phi) is 16.8. The van der Waals surface area contributed by atoms with E-state index < -0.39 is 12.1 Å². The van der Waals surface area contributed by atoms with Gasteiger partial charge in [-0.2, -0.15) is 4.98 Å². The van der Waals surface area contributed by atoms with E-state index in [1.165, 1.54) is 18.3 Å². The van der Waals surface area contributed by atoms with Gasteiger partial charge < -0.3 is 35.4 Å². The van der Waals surface area contributed by atoms with E-state index in [4.69, 9.17) is 14.7 Å². The summed E-state index contributed by atoms with van der Waals surface area (Å²) in [6.45, 7) is 8.53. The number of rotatable bonds is 19. The summed E-state index contributed by atoms with van der Waals surface area (Å²) < 4.78 is 7.75. The van der Waals surface area contributed by atoms with Gasteiger partial charge >= 0.3 is 0 Å². The van der Waals surface area contributed by atoms with Gasteiger partial charge in [-0.05, 0) is 115 Å². The smallest absolute Gasteiger partial charge is 0.263 e. The van der Waals surface area contributed by atoms with Crippen LogP contribution in [-0.4, -0.2) is 122 Å². The van der Waals surface area contributed by atoms with E-state index in [0.29, 0.717) is 104 Å². The number of ether oxygens (including phenoxy) is 1. The summed E-state index contributed by atoms with van der Waals surface area (Å²) >= 11 is 1.39. The SMILES string of the molecule is CNC(C)C(=O)N[C@H](C(=O)N1CCCC1c1nc(C(=O)c2cccc(OCCCCC(=O)N3CCN(c4ccc(Nc5ncc6c(C)c(C(C)=O)c(=O)n(C7CCCC7)c6n5)nc4)CC3)c2)cs1)C1CCCCC1. The number of pyridine rings is 2. The molecule has 19 heteroatoms. The van der Waals surface area contributed by atoms with Crippen LogP contribution in [0, 0.1) is 12.8 Å². The number of amides is 3. The van der Waals surface area contributed by atoms with Crippen molar-refractivity contribution < 1.29 is 28.7 Å². The molecule has 5 aromatic rings. The molecular formula is C55H69N11O7S. The highest BCUT2D eigenvalue weighted by Crippen LogP contribution is 2.37. The minimum Gasteiger partial charge on any atom is -0.494 e. The van der Waals surface area contributed by atoms with Crippen LogP contribution >= 0.6 is 11.3 Å². The van der Waals surface area contributed by atoms with Crippen LogP contribution in [0.5, 0.6) is 5.75 Å².